The third-order valence-electron chi connectivity index (χ3n) is 1.34. The van der Waals surface area contributed by atoms with Crippen LogP contribution in [0, 0.1) is 5.92 Å². The van der Waals surface area contributed by atoms with E-state index in [1.54, 1.807) is 12.2 Å². The van der Waals surface area contributed by atoms with Gasteiger partial charge in [-0.25, -0.2) is 0 Å². The summed E-state index contributed by atoms with van der Waals surface area (Å²) in [6, 6.07) is 0. The van der Waals surface area contributed by atoms with Crippen LogP contribution in [0.25, 0.3) is 0 Å². The Balaban J connectivity index is 3.85. The van der Waals surface area contributed by atoms with Gasteiger partial charge in [0.1, 0.15) is 0 Å². The van der Waals surface area contributed by atoms with Crippen LogP contribution >= 0.6 is 0 Å². The van der Waals surface area contributed by atoms with E-state index >= 15 is 0 Å². The lowest BCUT2D eigenvalue weighted by Gasteiger charge is -2.03. The molecule has 2 heteroatoms. The molecule has 10 heavy (non-hydrogen) atoms. The topological polar surface area (TPSA) is 37.3 Å². The largest absolute Gasteiger partial charge is 0.481 e. The van der Waals surface area contributed by atoms with Gasteiger partial charge in [0, 0.05) is 0 Å². The van der Waals surface area contributed by atoms with Crippen molar-refractivity contribution in [2.45, 2.75) is 26.7 Å². The normalized spacial score (nSPS) is 13.8. The molecule has 0 amide bonds. The van der Waals surface area contributed by atoms with Crippen molar-refractivity contribution in [3.8, 4) is 0 Å². The summed E-state index contributed by atoms with van der Waals surface area (Å²) in [7, 11) is 0. The van der Waals surface area contributed by atoms with Gasteiger partial charge in [-0.05, 0) is 13.3 Å². The Morgan fingerprint density at radius 3 is 2.60 bits per heavy atom. The lowest BCUT2D eigenvalue weighted by atomic mass is 10.0. The van der Waals surface area contributed by atoms with Gasteiger partial charge in [0.2, 0.25) is 0 Å². The third-order valence-corrected chi connectivity index (χ3v) is 1.34. The Morgan fingerprint density at radius 2 is 2.30 bits per heavy atom. The van der Waals surface area contributed by atoms with Crippen molar-refractivity contribution in [2.24, 2.45) is 5.92 Å². The van der Waals surface area contributed by atoms with E-state index in [0.717, 1.165) is 12.8 Å². The Morgan fingerprint density at radius 1 is 1.70 bits per heavy atom. The maximum Gasteiger partial charge on any atom is 0.310 e. The first kappa shape index (κ1) is 9.21. The minimum absolute atomic E-state index is 0.282. The van der Waals surface area contributed by atoms with Crippen LogP contribution in [0.3, 0.4) is 0 Å². The quantitative estimate of drug-likeness (QED) is 0.610. The highest BCUT2D eigenvalue weighted by atomic mass is 16.4. The van der Waals surface area contributed by atoms with Crippen molar-refractivity contribution >= 4 is 5.97 Å². The molecule has 0 saturated heterocycles. The molecule has 0 aromatic heterocycles. The van der Waals surface area contributed by atoms with E-state index < -0.39 is 5.97 Å². The van der Waals surface area contributed by atoms with Gasteiger partial charge in [0.05, 0.1) is 5.92 Å². The van der Waals surface area contributed by atoms with E-state index in [1.165, 1.54) is 0 Å². The lowest BCUT2D eigenvalue weighted by Crippen LogP contribution is -2.09. The summed E-state index contributed by atoms with van der Waals surface area (Å²) in [4.78, 5) is 10.4. The first-order chi connectivity index (χ1) is 4.72. The second-order valence-corrected chi connectivity index (χ2v) is 2.26. The molecular weight excluding hydrogens is 128 g/mol. The van der Waals surface area contributed by atoms with Gasteiger partial charge < -0.3 is 5.11 Å². The predicted octanol–water partition coefficient (Wildman–Crippen LogP) is 2.06. The van der Waals surface area contributed by atoms with Crippen molar-refractivity contribution < 1.29 is 9.90 Å². The highest BCUT2D eigenvalue weighted by Crippen LogP contribution is 2.07. The molecule has 1 unspecified atom stereocenters. The van der Waals surface area contributed by atoms with Crippen LogP contribution in [0.4, 0.5) is 0 Å². The molecule has 58 valence electrons. The number of carboxylic acids is 1. The summed E-state index contributed by atoms with van der Waals surface area (Å²) in [5.41, 5.74) is 0. The average Bonchev–Trinajstić information content (AvgIpc) is 1.87. The van der Waals surface area contributed by atoms with Crippen LogP contribution in [0.1, 0.15) is 26.7 Å². The zero-order valence-corrected chi connectivity index (χ0v) is 6.50. The van der Waals surface area contributed by atoms with Gasteiger partial charge in [-0.2, -0.15) is 0 Å². The molecule has 0 aromatic rings. The van der Waals surface area contributed by atoms with Crippen molar-refractivity contribution in [2.75, 3.05) is 0 Å². The van der Waals surface area contributed by atoms with E-state index in [2.05, 4.69) is 0 Å². The molecule has 0 aliphatic rings. The van der Waals surface area contributed by atoms with Crippen LogP contribution in [0.5, 0.6) is 0 Å². The number of hydrogen-bond donors (Lipinski definition) is 1. The van der Waals surface area contributed by atoms with Gasteiger partial charge >= 0.3 is 5.97 Å². The zero-order chi connectivity index (χ0) is 7.98. The van der Waals surface area contributed by atoms with Gasteiger partial charge in [-0.15, -0.1) is 0 Å². The van der Waals surface area contributed by atoms with E-state index in [0.29, 0.717) is 0 Å². The Kier molecular flexibility index (Phi) is 4.63. The van der Waals surface area contributed by atoms with Crippen LogP contribution in [0.2, 0.25) is 0 Å². The van der Waals surface area contributed by atoms with Crippen LogP contribution in [-0.2, 0) is 4.79 Å². The zero-order valence-electron chi connectivity index (χ0n) is 6.50. The van der Waals surface area contributed by atoms with Crippen molar-refractivity contribution in [3.63, 3.8) is 0 Å². The smallest absolute Gasteiger partial charge is 0.310 e. The summed E-state index contributed by atoms with van der Waals surface area (Å²) >= 11 is 0. The Bertz CT molecular complexity index is 127. The monoisotopic (exact) mass is 142 g/mol. The molecule has 0 aromatic carbocycles. The minimum atomic E-state index is -0.722. The van der Waals surface area contributed by atoms with Gasteiger partial charge in [0.25, 0.3) is 0 Å². The second-order valence-electron chi connectivity index (χ2n) is 2.26. The van der Waals surface area contributed by atoms with Gasteiger partial charge in [-0.3, -0.25) is 4.79 Å². The number of rotatable bonds is 4. The Labute approximate surface area is 61.6 Å². The first-order valence-electron chi connectivity index (χ1n) is 3.58. The fourth-order valence-electron chi connectivity index (χ4n) is 0.845. The maximum absolute atomic E-state index is 10.4. The minimum Gasteiger partial charge on any atom is -0.481 e. The van der Waals surface area contributed by atoms with Gasteiger partial charge in [0.15, 0.2) is 0 Å². The number of aliphatic carboxylic acids is 1. The molecule has 0 heterocycles. The van der Waals surface area contributed by atoms with Crippen molar-refractivity contribution in [1.29, 1.82) is 0 Å². The predicted molar refractivity (Wildman–Crippen MR) is 40.8 cm³/mol. The fourth-order valence-corrected chi connectivity index (χ4v) is 0.845. The molecule has 0 spiro atoms. The number of allylic oxidation sites excluding steroid dienone is 1. The molecule has 1 atom stereocenters. The van der Waals surface area contributed by atoms with E-state index in [-0.39, 0.29) is 5.92 Å². The maximum atomic E-state index is 10.4. The summed E-state index contributed by atoms with van der Waals surface area (Å²) < 4.78 is 0. The molecule has 0 fully saturated rings. The molecule has 0 aliphatic heterocycles. The highest BCUT2D eigenvalue weighted by Gasteiger charge is 2.10. The molecule has 0 aliphatic carbocycles. The lowest BCUT2D eigenvalue weighted by molar-refractivity contribution is -0.140. The molecule has 2 nitrogen and oxygen atoms in total. The van der Waals surface area contributed by atoms with Crippen molar-refractivity contribution in [1.82, 2.24) is 0 Å². The summed E-state index contributed by atoms with van der Waals surface area (Å²) in [6.07, 6.45) is 5.17. The molecule has 0 radical (unpaired) electrons. The number of carboxylic acid groups (broad SMARTS) is 1. The third kappa shape index (κ3) is 3.28. The summed E-state index contributed by atoms with van der Waals surface area (Å²) in [5, 5.41) is 8.58. The Hall–Kier alpha value is -0.790. The molecule has 0 bridgehead atoms. The van der Waals surface area contributed by atoms with Crippen LogP contribution < -0.4 is 0 Å². The summed E-state index contributed by atoms with van der Waals surface area (Å²) in [6.45, 7) is 3.82. The van der Waals surface area contributed by atoms with Gasteiger partial charge in [-0.1, -0.05) is 25.5 Å². The molecule has 0 rings (SSSR count). The standard InChI is InChI=1S/C8H14O2/c1-3-5-7(6-4-2)8(9)10/h3,5,7H,4,6H2,1-2H3,(H,9,10). The highest BCUT2D eigenvalue weighted by molar-refractivity contribution is 5.71. The van der Waals surface area contributed by atoms with E-state index in [1.807, 2.05) is 13.8 Å². The number of carbonyl (C=O) groups is 1. The fraction of sp³-hybridized carbons (Fsp3) is 0.625. The van der Waals surface area contributed by atoms with Crippen molar-refractivity contribution in [3.05, 3.63) is 12.2 Å². The average molecular weight is 142 g/mol. The molecule has 1 N–H and O–H groups in total. The second kappa shape index (κ2) is 5.03. The first-order valence-corrected chi connectivity index (χ1v) is 3.58. The van der Waals surface area contributed by atoms with Crippen LogP contribution in [-0.4, -0.2) is 11.1 Å². The van der Waals surface area contributed by atoms with Crippen LogP contribution in [0.15, 0.2) is 12.2 Å². The van der Waals surface area contributed by atoms with E-state index in [9.17, 15) is 4.79 Å². The SMILES string of the molecule is CC=CC(CCC)C(=O)O. The molecule has 0 saturated carbocycles. The molecular formula is C8H14O2. The summed E-state index contributed by atoms with van der Waals surface area (Å²) in [5.74, 6) is -1.00. The number of hydrogen-bond acceptors (Lipinski definition) is 1. The van der Waals surface area contributed by atoms with E-state index in [4.69, 9.17) is 5.11 Å².